The van der Waals surface area contributed by atoms with Gasteiger partial charge < -0.3 is 27.0 Å². The smallest absolute Gasteiger partial charge is 0.234 e. The number of thiazole rings is 1. The van der Waals surface area contributed by atoms with Crippen molar-refractivity contribution in [1.29, 1.82) is 0 Å². The third-order valence-electron chi connectivity index (χ3n) is 7.06. The van der Waals surface area contributed by atoms with Crippen molar-refractivity contribution in [3.8, 4) is 5.75 Å². The number of amides is 1. The minimum Gasteiger partial charge on any atom is -1.00 e. The molecule has 1 heterocycles. The fourth-order valence-corrected chi connectivity index (χ4v) is 5.44. The molecule has 0 atom stereocenters. The van der Waals surface area contributed by atoms with Gasteiger partial charge in [0.05, 0.1) is 18.4 Å². The molecular formula is C33H46BrFN2O2S. The van der Waals surface area contributed by atoms with Crippen LogP contribution in [0.2, 0.25) is 0 Å². The van der Waals surface area contributed by atoms with Crippen molar-refractivity contribution in [2.75, 3.05) is 11.9 Å². The molecule has 3 rings (SSSR count). The lowest BCUT2D eigenvalue weighted by Gasteiger charge is -2.10. The Bertz CT molecular complexity index is 1140. The standard InChI is InChI=1S/C33H45FN2O2S.BrH/c1-3-4-5-6-7-8-9-10-11-12-13-14-21-38-32-19-18-28(24-31(32)34)25-33(37)35-30-17-15-16-29(23-30)26-36-20-22-39-27(36)2;/h15-20,22-24H,3-14,21,25-26H2,1-2H3;1H. The highest BCUT2D eigenvalue weighted by atomic mass is 79.9. The van der Waals surface area contributed by atoms with Crippen LogP contribution in [0, 0.1) is 12.7 Å². The number of nitrogens with zero attached hydrogens (tertiary/aromatic N) is 1. The highest BCUT2D eigenvalue weighted by Crippen LogP contribution is 2.20. The third-order valence-corrected chi connectivity index (χ3v) is 7.90. The molecule has 0 saturated carbocycles. The summed E-state index contributed by atoms with van der Waals surface area (Å²) in [4.78, 5) is 12.6. The quantitative estimate of drug-likeness (QED) is 0.134. The normalized spacial score (nSPS) is 10.8. The first kappa shape index (κ1) is 34.0. The molecule has 3 aromatic rings. The summed E-state index contributed by atoms with van der Waals surface area (Å²) in [6, 6.07) is 12.7. The van der Waals surface area contributed by atoms with Gasteiger partial charge in [-0.05, 0) is 36.2 Å². The second kappa shape index (κ2) is 19.8. The Kier molecular flexibility index (Phi) is 16.8. The Morgan fingerprint density at radius 2 is 1.57 bits per heavy atom. The SMILES string of the molecule is CCCCCCCCCCCCCCOc1ccc(CC(=O)Nc2cccc(C[n+]3ccsc3C)c2)cc1F.[Br-]. The lowest BCUT2D eigenvalue weighted by atomic mass is 10.1. The number of halogens is 2. The van der Waals surface area contributed by atoms with Crippen LogP contribution in [-0.4, -0.2) is 12.5 Å². The summed E-state index contributed by atoms with van der Waals surface area (Å²) >= 11 is 1.71. The number of benzene rings is 2. The average Bonchev–Trinajstić information content (AvgIpc) is 3.32. The van der Waals surface area contributed by atoms with E-state index in [0.29, 0.717) is 12.2 Å². The Morgan fingerprint density at radius 1 is 0.900 bits per heavy atom. The molecular weight excluding hydrogens is 587 g/mol. The first-order valence-corrected chi connectivity index (χ1v) is 15.7. The molecule has 0 bridgehead atoms. The Morgan fingerprint density at radius 3 is 2.20 bits per heavy atom. The molecule has 0 aliphatic carbocycles. The van der Waals surface area contributed by atoms with Gasteiger partial charge in [0.15, 0.2) is 24.3 Å². The Hall–Kier alpha value is -2.25. The summed E-state index contributed by atoms with van der Waals surface area (Å²) in [5, 5.41) is 6.23. The summed E-state index contributed by atoms with van der Waals surface area (Å²) in [7, 11) is 0. The summed E-state index contributed by atoms with van der Waals surface area (Å²) in [6.07, 6.45) is 17.6. The van der Waals surface area contributed by atoms with Crippen molar-refractivity contribution in [1.82, 2.24) is 0 Å². The van der Waals surface area contributed by atoms with E-state index in [-0.39, 0.29) is 35.1 Å². The number of anilines is 1. The van der Waals surface area contributed by atoms with Crippen LogP contribution >= 0.6 is 11.3 Å². The van der Waals surface area contributed by atoms with Gasteiger partial charge in [0.25, 0.3) is 0 Å². The first-order valence-electron chi connectivity index (χ1n) is 14.8. The van der Waals surface area contributed by atoms with E-state index in [4.69, 9.17) is 4.74 Å². The summed E-state index contributed by atoms with van der Waals surface area (Å²) in [6.45, 7) is 5.62. The molecule has 4 nitrogen and oxygen atoms in total. The number of rotatable bonds is 19. The van der Waals surface area contributed by atoms with E-state index in [9.17, 15) is 9.18 Å². The number of aryl methyl sites for hydroxylation is 1. The number of carbonyl (C=O) groups is 1. The Labute approximate surface area is 255 Å². The summed E-state index contributed by atoms with van der Waals surface area (Å²) in [5.74, 6) is -0.323. The maximum Gasteiger partial charge on any atom is 0.234 e. The fraction of sp³-hybridized carbons (Fsp3) is 0.515. The molecule has 0 fully saturated rings. The maximum absolute atomic E-state index is 14.6. The molecule has 2 aromatic carbocycles. The zero-order valence-electron chi connectivity index (χ0n) is 24.2. The molecule has 0 radical (unpaired) electrons. The molecule has 0 unspecified atom stereocenters. The van der Waals surface area contributed by atoms with Gasteiger partial charge in [-0.3, -0.25) is 4.79 Å². The second-order valence-corrected chi connectivity index (χ2v) is 11.6. The van der Waals surface area contributed by atoms with Crippen LogP contribution in [0.4, 0.5) is 10.1 Å². The van der Waals surface area contributed by atoms with Crippen LogP contribution in [0.1, 0.15) is 100 Å². The lowest BCUT2D eigenvalue weighted by molar-refractivity contribution is -0.689. The average molecular weight is 634 g/mol. The van der Waals surface area contributed by atoms with Crippen molar-refractivity contribution in [3.05, 3.63) is 76.0 Å². The molecule has 1 N–H and O–H groups in total. The van der Waals surface area contributed by atoms with Crippen LogP contribution in [0.3, 0.4) is 0 Å². The summed E-state index contributed by atoms with van der Waals surface area (Å²) in [5.41, 5.74) is 2.48. The van der Waals surface area contributed by atoms with Gasteiger partial charge in [-0.2, -0.15) is 4.57 Å². The van der Waals surface area contributed by atoms with Gasteiger partial charge in [0, 0.05) is 18.2 Å². The zero-order valence-corrected chi connectivity index (χ0v) is 26.6. The molecule has 40 heavy (non-hydrogen) atoms. The number of carbonyl (C=O) groups excluding carboxylic acids is 1. The molecule has 220 valence electrons. The van der Waals surface area contributed by atoms with Gasteiger partial charge in [0.2, 0.25) is 10.9 Å². The monoisotopic (exact) mass is 632 g/mol. The van der Waals surface area contributed by atoms with Gasteiger partial charge in [-0.25, -0.2) is 4.39 Å². The molecule has 1 amide bonds. The predicted molar refractivity (Wildman–Crippen MR) is 160 cm³/mol. The number of hydrogen-bond acceptors (Lipinski definition) is 3. The maximum atomic E-state index is 14.6. The van der Waals surface area contributed by atoms with Crippen LogP contribution in [-0.2, 0) is 17.8 Å². The number of hydrogen-bond donors (Lipinski definition) is 1. The molecule has 0 spiro atoms. The van der Waals surface area contributed by atoms with Crippen molar-refractivity contribution in [2.45, 2.75) is 104 Å². The number of nitrogens with one attached hydrogen (secondary N) is 1. The van der Waals surface area contributed by atoms with Gasteiger partial charge in [0.1, 0.15) is 0 Å². The number of unbranched alkanes of at least 4 members (excludes halogenated alkanes) is 11. The largest absolute Gasteiger partial charge is 1.00 e. The summed E-state index contributed by atoms with van der Waals surface area (Å²) < 4.78 is 22.4. The molecule has 0 aliphatic rings. The van der Waals surface area contributed by atoms with Crippen LogP contribution in [0.15, 0.2) is 54.0 Å². The van der Waals surface area contributed by atoms with E-state index < -0.39 is 5.82 Å². The van der Waals surface area contributed by atoms with E-state index in [1.807, 2.05) is 24.3 Å². The lowest BCUT2D eigenvalue weighted by Crippen LogP contribution is -3.00. The number of aromatic nitrogens is 1. The Balaban J connectivity index is 0.00000560. The highest BCUT2D eigenvalue weighted by Gasteiger charge is 2.11. The topological polar surface area (TPSA) is 42.2 Å². The van der Waals surface area contributed by atoms with Gasteiger partial charge in [-0.1, -0.05) is 107 Å². The van der Waals surface area contributed by atoms with Crippen LogP contribution < -0.4 is 31.6 Å². The van der Waals surface area contributed by atoms with E-state index in [1.165, 1.54) is 75.3 Å². The molecule has 0 aliphatic heterocycles. The molecule has 7 heteroatoms. The van der Waals surface area contributed by atoms with Crippen molar-refractivity contribution < 1.29 is 35.5 Å². The van der Waals surface area contributed by atoms with E-state index in [0.717, 1.165) is 30.6 Å². The van der Waals surface area contributed by atoms with Crippen molar-refractivity contribution in [2.24, 2.45) is 0 Å². The molecule has 0 saturated heterocycles. The van der Waals surface area contributed by atoms with E-state index >= 15 is 0 Å². The zero-order chi connectivity index (χ0) is 27.7. The first-order chi connectivity index (χ1) is 19.0. The van der Waals surface area contributed by atoms with Crippen molar-refractivity contribution >= 4 is 22.9 Å². The minimum absolute atomic E-state index is 0. The fourth-order valence-electron chi connectivity index (χ4n) is 4.77. The van der Waals surface area contributed by atoms with E-state index in [2.05, 4.69) is 35.3 Å². The predicted octanol–water partition coefficient (Wildman–Crippen LogP) is 5.80. The van der Waals surface area contributed by atoms with Gasteiger partial charge in [-0.15, -0.1) is 0 Å². The van der Waals surface area contributed by atoms with Crippen molar-refractivity contribution in [3.63, 3.8) is 0 Å². The second-order valence-electron chi connectivity index (χ2n) is 10.5. The third kappa shape index (κ3) is 12.9. The number of ether oxygens (including phenoxy) is 1. The van der Waals surface area contributed by atoms with Gasteiger partial charge >= 0.3 is 0 Å². The van der Waals surface area contributed by atoms with Crippen LogP contribution in [0.25, 0.3) is 0 Å². The molecule has 1 aromatic heterocycles. The highest BCUT2D eigenvalue weighted by molar-refractivity contribution is 7.09. The van der Waals surface area contributed by atoms with E-state index in [1.54, 1.807) is 23.5 Å². The van der Waals surface area contributed by atoms with Crippen LogP contribution in [0.5, 0.6) is 5.75 Å². The minimum atomic E-state index is -0.413.